The number of pyridine rings is 1. The SMILES string of the molecule is CN(Cc1cccc2ncccc12)C(=O)[C@H](N)Cc1ccc(Cl)cc1. The molecule has 0 aliphatic rings. The molecule has 3 aromatic rings. The molecule has 0 saturated heterocycles. The van der Waals surface area contributed by atoms with Crippen LogP contribution in [-0.2, 0) is 17.8 Å². The van der Waals surface area contributed by atoms with Gasteiger partial charge >= 0.3 is 0 Å². The van der Waals surface area contributed by atoms with Gasteiger partial charge in [0.25, 0.3) is 0 Å². The van der Waals surface area contributed by atoms with Crippen LogP contribution >= 0.6 is 11.6 Å². The van der Waals surface area contributed by atoms with Gasteiger partial charge in [-0.1, -0.05) is 41.9 Å². The number of halogens is 1. The number of hydrogen-bond donors (Lipinski definition) is 1. The number of fused-ring (bicyclic) bond motifs is 1. The lowest BCUT2D eigenvalue weighted by Crippen LogP contribution is -2.42. The molecule has 3 rings (SSSR count). The predicted molar refractivity (Wildman–Crippen MR) is 101 cm³/mol. The average Bonchev–Trinajstić information content (AvgIpc) is 2.63. The number of amides is 1. The van der Waals surface area contributed by atoms with Gasteiger partial charge in [-0.05, 0) is 41.8 Å². The number of hydrogen-bond acceptors (Lipinski definition) is 3. The van der Waals surface area contributed by atoms with Crippen LogP contribution in [0, 0.1) is 0 Å². The lowest BCUT2D eigenvalue weighted by Gasteiger charge is -2.22. The third kappa shape index (κ3) is 4.16. The van der Waals surface area contributed by atoms with Crippen molar-refractivity contribution in [2.45, 2.75) is 19.0 Å². The summed E-state index contributed by atoms with van der Waals surface area (Å²) in [5.41, 5.74) is 9.09. The molecule has 0 aliphatic heterocycles. The number of benzene rings is 2. The molecule has 0 unspecified atom stereocenters. The standard InChI is InChI=1S/C20H20ClN3O/c1-24(13-15-4-2-6-19-17(15)5-3-11-23-19)20(25)18(22)12-14-7-9-16(21)10-8-14/h2-11,18H,12-13,22H2,1H3/t18-/m1/s1. The molecule has 1 heterocycles. The Bertz CT molecular complexity index is 874. The molecule has 128 valence electrons. The van der Waals surface area contributed by atoms with E-state index in [0.717, 1.165) is 22.0 Å². The van der Waals surface area contributed by atoms with E-state index in [0.29, 0.717) is 18.0 Å². The smallest absolute Gasteiger partial charge is 0.239 e. The summed E-state index contributed by atoms with van der Waals surface area (Å²) in [6, 6.07) is 16.7. The second-order valence-electron chi connectivity index (χ2n) is 6.12. The second-order valence-corrected chi connectivity index (χ2v) is 6.56. The van der Waals surface area contributed by atoms with Crippen LogP contribution in [0.5, 0.6) is 0 Å². The van der Waals surface area contributed by atoms with Crippen molar-refractivity contribution in [3.63, 3.8) is 0 Å². The van der Waals surface area contributed by atoms with E-state index in [9.17, 15) is 4.79 Å². The van der Waals surface area contributed by atoms with Gasteiger partial charge in [0.15, 0.2) is 0 Å². The normalized spacial score (nSPS) is 12.1. The molecule has 1 atom stereocenters. The summed E-state index contributed by atoms with van der Waals surface area (Å²) in [6.07, 6.45) is 2.25. The van der Waals surface area contributed by atoms with Crippen LogP contribution in [0.25, 0.3) is 10.9 Å². The third-order valence-electron chi connectivity index (χ3n) is 4.21. The number of carbonyl (C=O) groups is 1. The van der Waals surface area contributed by atoms with Crippen molar-refractivity contribution in [3.05, 3.63) is 76.9 Å². The van der Waals surface area contributed by atoms with Crippen LogP contribution in [0.4, 0.5) is 0 Å². The van der Waals surface area contributed by atoms with E-state index in [1.807, 2.05) is 42.5 Å². The molecule has 2 N–H and O–H groups in total. The van der Waals surface area contributed by atoms with Crippen LogP contribution in [0.3, 0.4) is 0 Å². The molecule has 0 saturated carbocycles. The Kier molecular flexibility index (Phi) is 5.31. The minimum Gasteiger partial charge on any atom is -0.340 e. The molecule has 0 radical (unpaired) electrons. The van der Waals surface area contributed by atoms with Crippen molar-refractivity contribution in [1.29, 1.82) is 0 Å². The van der Waals surface area contributed by atoms with E-state index in [1.54, 1.807) is 30.3 Å². The van der Waals surface area contributed by atoms with Crippen molar-refractivity contribution < 1.29 is 4.79 Å². The van der Waals surface area contributed by atoms with Crippen LogP contribution in [-0.4, -0.2) is 28.9 Å². The number of nitrogens with two attached hydrogens (primary N) is 1. The van der Waals surface area contributed by atoms with Gasteiger partial charge in [-0.25, -0.2) is 0 Å². The van der Waals surface area contributed by atoms with Gasteiger partial charge in [-0.3, -0.25) is 9.78 Å². The summed E-state index contributed by atoms with van der Waals surface area (Å²) in [4.78, 5) is 18.6. The maximum absolute atomic E-state index is 12.6. The van der Waals surface area contributed by atoms with Crippen LogP contribution in [0.15, 0.2) is 60.8 Å². The van der Waals surface area contributed by atoms with Gasteiger partial charge in [0.2, 0.25) is 5.91 Å². The van der Waals surface area contributed by atoms with Crippen molar-refractivity contribution in [2.24, 2.45) is 5.73 Å². The first-order chi connectivity index (χ1) is 12.0. The Hall–Kier alpha value is -2.43. The van der Waals surface area contributed by atoms with Gasteiger partial charge in [0, 0.05) is 30.2 Å². The Labute approximate surface area is 152 Å². The Morgan fingerprint density at radius 3 is 2.68 bits per heavy atom. The van der Waals surface area contributed by atoms with Crippen LogP contribution in [0.2, 0.25) is 5.02 Å². The summed E-state index contributed by atoms with van der Waals surface area (Å²) in [5.74, 6) is -0.0872. The van der Waals surface area contributed by atoms with E-state index >= 15 is 0 Å². The first-order valence-electron chi connectivity index (χ1n) is 8.12. The fourth-order valence-electron chi connectivity index (χ4n) is 2.88. The summed E-state index contributed by atoms with van der Waals surface area (Å²) >= 11 is 5.89. The highest BCUT2D eigenvalue weighted by Crippen LogP contribution is 2.18. The van der Waals surface area contributed by atoms with Crippen molar-refractivity contribution >= 4 is 28.4 Å². The minimum absolute atomic E-state index is 0.0872. The zero-order valence-electron chi connectivity index (χ0n) is 14.0. The van der Waals surface area contributed by atoms with Gasteiger partial charge in [0.1, 0.15) is 0 Å². The number of carbonyl (C=O) groups excluding carboxylic acids is 1. The first-order valence-corrected chi connectivity index (χ1v) is 8.50. The molecule has 0 fully saturated rings. The third-order valence-corrected chi connectivity index (χ3v) is 4.46. The summed E-state index contributed by atoms with van der Waals surface area (Å²) in [5, 5.41) is 1.72. The molecular formula is C20H20ClN3O. The largest absolute Gasteiger partial charge is 0.340 e. The number of likely N-dealkylation sites (N-methyl/N-ethyl adjacent to an activating group) is 1. The van der Waals surface area contributed by atoms with E-state index < -0.39 is 6.04 Å². The lowest BCUT2D eigenvalue weighted by atomic mass is 10.0. The maximum atomic E-state index is 12.6. The van der Waals surface area contributed by atoms with Gasteiger partial charge in [-0.2, -0.15) is 0 Å². The average molecular weight is 354 g/mol. The number of nitrogens with zero attached hydrogens (tertiary/aromatic N) is 2. The Balaban J connectivity index is 1.70. The highest BCUT2D eigenvalue weighted by molar-refractivity contribution is 6.30. The quantitative estimate of drug-likeness (QED) is 0.764. The summed E-state index contributed by atoms with van der Waals surface area (Å²) in [6.45, 7) is 0.496. The molecule has 0 spiro atoms. The fraction of sp³-hybridized carbons (Fsp3) is 0.200. The minimum atomic E-state index is -0.584. The monoisotopic (exact) mass is 353 g/mol. The molecule has 0 aliphatic carbocycles. The maximum Gasteiger partial charge on any atom is 0.239 e. The zero-order chi connectivity index (χ0) is 17.8. The Morgan fingerprint density at radius 2 is 1.92 bits per heavy atom. The molecular weight excluding hydrogens is 334 g/mol. The number of aromatic nitrogens is 1. The van der Waals surface area contributed by atoms with Crippen molar-refractivity contribution in [2.75, 3.05) is 7.05 Å². The van der Waals surface area contributed by atoms with Gasteiger partial charge in [-0.15, -0.1) is 0 Å². The molecule has 4 nitrogen and oxygen atoms in total. The van der Waals surface area contributed by atoms with Crippen LogP contribution in [0.1, 0.15) is 11.1 Å². The molecule has 25 heavy (non-hydrogen) atoms. The Morgan fingerprint density at radius 1 is 1.16 bits per heavy atom. The fourth-order valence-corrected chi connectivity index (χ4v) is 3.01. The van der Waals surface area contributed by atoms with Gasteiger partial charge < -0.3 is 10.6 Å². The second kappa shape index (κ2) is 7.64. The predicted octanol–water partition coefficient (Wildman–Crippen LogP) is 3.42. The van der Waals surface area contributed by atoms with E-state index in [2.05, 4.69) is 4.98 Å². The molecule has 0 bridgehead atoms. The molecule has 1 amide bonds. The number of rotatable bonds is 5. The highest BCUT2D eigenvalue weighted by atomic mass is 35.5. The van der Waals surface area contributed by atoms with E-state index in [-0.39, 0.29) is 5.91 Å². The zero-order valence-corrected chi connectivity index (χ0v) is 14.8. The van der Waals surface area contributed by atoms with Crippen molar-refractivity contribution in [3.8, 4) is 0 Å². The molecule has 2 aromatic carbocycles. The first kappa shape index (κ1) is 17.4. The van der Waals surface area contributed by atoms with Crippen molar-refractivity contribution in [1.82, 2.24) is 9.88 Å². The molecule has 5 heteroatoms. The molecule has 1 aromatic heterocycles. The van der Waals surface area contributed by atoms with Gasteiger partial charge in [0.05, 0.1) is 11.6 Å². The van der Waals surface area contributed by atoms with E-state index in [4.69, 9.17) is 17.3 Å². The van der Waals surface area contributed by atoms with Crippen LogP contribution < -0.4 is 5.73 Å². The highest BCUT2D eigenvalue weighted by Gasteiger charge is 2.19. The summed E-state index contributed by atoms with van der Waals surface area (Å²) in [7, 11) is 1.78. The van der Waals surface area contributed by atoms with E-state index in [1.165, 1.54) is 0 Å². The summed E-state index contributed by atoms with van der Waals surface area (Å²) < 4.78 is 0. The topological polar surface area (TPSA) is 59.2 Å². The lowest BCUT2D eigenvalue weighted by molar-refractivity contribution is -0.131.